The first kappa shape index (κ1) is 18.6. The average molecular weight is 393 g/mol. The van der Waals surface area contributed by atoms with Gasteiger partial charge in [-0.05, 0) is 54.8 Å². The molecule has 0 spiro atoms. The van der Waals surface area contributed by atoms with E-state index < -0.39 is 0 Å². The molecule has 4 rings (SSSR count). The van der Waals surface area contributed by atoms with Gasteiger partial charge in [0.2, 0.25) is 5.91 Å². The van der Waals surface area contributed by atoms with Gasteiger partial charge in [-0.2, -0.15) is 0 Å². The number of aromatic nitrogens is 3. The fraction of sp³-hybridized carbons (Fsp3) is 0.273. The van der Waals surface area contributed by atoms with Crippen molar-refractivity contribution in [2.75, 3.05) is 13.1 Å². The summed E-state index contributed by atoms with van der Waals surface area (Å²) in [7, 11) is 0. The second-order valence-corrected chi connectivity index (χ2v) is 7.45. The molecule has 0 saturated carbocycles. The second-order valence-electron chi connectivity index (χ2n) is 7.02. The summed E-state index contributed by atoms with van der Waals surface area (Å²) in [4.78, 5) is 27.3. The summed E-state index contributed by atoms with van der Waals surface area (Å²) in [6.45, 7) is 3.15. The fourth-order valence-electron chi connectivity index (χ4n) is 3.67. The number of halogens is 1. The number of piperidine rings is 1. The molecular formula is C22H21ClN4O. The molecule has 5 nitrogen and oxygen atoms in total. The fourth-order valence-corrected chi connectivity index (χ4v) is 3.79. The van der Waals surface area contributed by atoms with Crippen LogP contribution in [0.3, 0.4) is 0 Å². The lowest BCUT2D eigenvalue weighted by Gasteiger charge is -2.32. The van der Waals surface area contributed by atoms with E-state index in [1.165, 1.54) is 0 Å². The summed E-state index contributed by atoms with van der Waals surface area (Å²) < 4.78 is 0. The van der Waals surface area contributed by atoms with Gasteiger partial charge in [0.25, 0.3) is 0 Å². The number of amides is 1. The van der Waals surface area contributed by atoms with E-state index in [9.17, 15) is 4.79 Å². The number of pyridine rings is 1. The van der Waals surface area contributed by atoms with Crippen molar-refractivity contribution in [1.29, 1.82) is 0 Å². The molecule has 3 aromatic rings. The molecule has 2 aromatic heterocycles. The molecule has 1 aliphatic rings. The maximum absolute atomic E-state index is 11.7. The van der Waals surface area contributed by atoms with Crippen molar-refractivity contribution in [3.05, 3.63) is 65.7 Å². The monoisotopic (exact) mass is 392 g/mol. The van der Waals surface area contributed by atoms with Crippen LogP contribution in [0.1, 0.15) is 31.4 Å². The molecule has 1 amide bonds. The van der Waals surface area contributed by atoms with E-state index in [4.69, 9.17) is 16.6 Å². The normalized spacial score (nSPS) is 14.9. The third-order valence-corrected chi connectivity index (χ3v) is 5.49. The molecular weight excluding hydrogens is 372 g/mol. The van der Waals surface area contributed by atoms with Gasteiger partial charge in [0.05, 0.1) is 5.69 Å². The lowest BCUT2D eigenvalue weighted by atomic mass is 9.89. The van der Waals surface area contributed by atoms with Crippen LogP contribution in [0.25, 0.3) is 22.5 Å². The van der Waals surface area contributed by atoms with Gasteiger partial charge in [-0.25, -0.2) is 9.97 Å². The Kier molecular flexibility index (Phi) is 5.35. The van der Waals surface area contributed by atoms with Crippen LogP contribution in [0, 0.1) is 0 Å². The van der Waals surface area contributed by atoms with E-state index in [1.807, 2.05) is 47.5 Å². The van der Waals surface area contributed by atoms with E-state index in [0.717, 1.165) is 48.3 Å². The first-order valence-electron chi connectivity index (χ1n) is 9.40. The SMILES string of the molecule is CC(=O)N1CCC(c2nc(-c3ccc(Cl)cc3)ncc2-c2ccncc2)CC1. The maximum atomic E-state index is 11.7. The van der Waals surface area contributed by atoms with Crippen molar-refractivity contribution in [1.82, 2.24) is 19.9 Å². The van der Waals surface area contributed by atoms with Crippen LogP contribution in [-0.4, -0.2) is 38.8 Å². The minimum absolute atomic E-state index is 0.136. The lowest BCUT2D eigenvalue weighted by Crippen LogP contribution is -2.36. The molecule has 0 unspecified atom stereocenters. The van der Waals surface area contributed by atoms with E-state index in [0.29, 0.717) is 10.8 Å². The molecule has 1 saturated heterocycles. The minimum Gasteiger partial charge on any atom is -0.343 e. The highest BCUT2D eigenvalue weighted by Gasteiger charge is 2.26. The molecule has 0 atom stereocenters. The Morgan fingerprint density at radius 1 is 1.04 bits per heavy atom. The van der Waals surface area contributed by atoms with Gasteiger partial charge in [0.1, 0.15) is 0 Å². The first-order chi connectivity index (χ1) is 13.6. The molecule has 3 heterocycles. The Morgan fingerprint density at radius 2 is 1.71 bits per heavy atom. The molecule has 0 aliphatic carbocycles. The first-order valence-corrected chi connectivity index (χ1v) is 9.78. The van der Waals surface area contributed by atoms with E-state index in [2.05, 4.69) is 9.97 Å². The molecule has 0 radical (unpaired) electrons. The van der Waals surface area contributed by atoms with Crippen molar-refractivity contribution in [3.63, 3.8) is 0 Å². The maximum Gasteiger partial charge on any atom is 0.219 e. The molecule has 0 N–H and O–H groups in total. The summed E-state index contributed by atoms with van der Waals surface area (Å²) in [5.41, 5.74) is 4.06. The molecule has 142 valence electrons. The predicted octanol–water partition coefficient (Wildman–Crippen LogP) is 4.58. The van der Waals surface area contributed by atoms with E-state index in [-0.39, 0.29) is 11.8 Å². The molecule has 0 bridgehead atoms. The molecule has 1 fully saturated rings. The Labute approximate surface area is 169 Å². The van der Waals surface area contributed by atoms with Crippen LogP contribution < -0.4 is 0 Å². The van der Waals surface area contributed by atoms with Crippen molar-refractivity contribution >= 4 is 17.5 Å². The number of hydrogen-bond acceptors (Lipinski definition) is 4. The number of carbonyl (C=O) groups excluding carboxylic acids is 1. The van der Waals surface area contributed by atoms with E-state index in [1.54, 1.807) is 19.3 Å². The van der Waals surface area contributed by atoms with Gasteiger partial charge in [-0.3, -0.25) is 9.78 Å². The van der Waals surface area contributed by atoms with Gasteiger partial charge < -0.3 is 4.90 Å². The van der Waals surface area contributed by atoms with Gasteiger partial charge in [-0.15, -0.1) is 0 Å². The van der Waals surface area contributed by atoms with Crippen LogP contribution in [0.15, 0.2) is 55.0 Å². The van der Waals surface area contributed by atoms with Gasteiger partial charge in [-0.1, -0.05) is 11.6 Å². The molecule has 6 heteroatoms. The molecule has 1 aliphatic heterocycles. The quantitative estimate of drug-likeness (QED) is 0.654. The van der Waals surface area contributed by atoms with E-state index >= 15 is 0 Å². The molecule has 1 aromatic carbocycles. The zero-order chi connectivity index (χ0) is 19.5. The number of carbonyl (C=O) groups is 1. The third kappa shape index (κ3) is 3.90. The van der Waals surface area contributed by atoms with Crippen LogP contribution in [0.5, 0.6) is 0 Å². The number of hydrogen-bond donors (Lipinski definition) is 0. The highest BCUT2D eigenvalue weighted by atomic mass is 35.5. The van der Waals surface area contributed by atoms with Gasteiger partial charge in [0.15, 0.2) is 5.82 Å². The number of rotatable bonds is 3. The zero-order valence-corrected chi connectivity index (χ0v) is 16.4. The Bertz CT molecular complexity index is 968. The Hall–Kier alpha value is -2.79. The van der Waals surface area contributed by atoms with Crippen LogP contribution in [0.4, 0.5) is 0 Å². The highest BCUT2D eigenvalue weighted by molar-refractivity contribution is 6.30. The summed E-state index contributed by atoms with van der Waals surface area (Å²) in [5.74, 6) is 1.11. The smallest absolute Gasteiger partial charge is 0.219 e. The third-order valence-electron chi connectivity index (χ3n) is 5.24. The number of benzene rings is 1. The average Bonchev–Trinajstić information content (AvgIpc) is 2.74. The van der Waals surface area contributed by atoms with Crippen molar-refractivity contribution in [2.24, 2.45) is 0 Å². The standard InChI is InChI=1S/C22H21ClN4O/c1-15(28)27-12-8-17(9-13-27)21-20(16-6-10-24-11-7-16)14-25-22(26-21)18-2-4-19(23)5-3-18/h2-7,10-11,14,17H,8-9,12-13H2,1H3. The number of nitrogens with zero attached hydrogens (tertiary/aromatic N) is 4. The molecule has 28 heavy (non-hydrogen) atoms. The summed E-state index contributed by atoms with van der Waals surface area (Å²) in [6.07, 6.45) is 7.26. The van der Waals surface area contributed by atoms with Crippen molar-refractivity contribution < 1.29 is 4.79 Å². The van der Waals surface area contributed by atoms with Crippen molar-refractivity contribution in [2.45, 2.75) is 25.7 Å². The Balaban J connectivity index is 1.73. The summed E-state index contributed by atoms with van der Waals surface area (Å²) in [5, 5.41) is 0.689. The van der Waals surface area contributed by atoms with Gasteiger partial charge >= 0.3 is 0 Å². The summed E-state index contributed by atoms with van der Waals surface area (Å²) >= 11 is 6.02. The van der Waals surface area contributed by atoms with Gasteiger partial charge in [0, 0.05) is 60.7 Å². The number of likely N-dealkylation sites (tertiary alicyclic amines) is 1. The second kappa shape index (κ2) is 8.07. The summed E-state index contributed by atoms with van der Waals surface area (Å²) in [6, 6.07) is 11.5. The van der Waals surface area contributed by atoms with Crippen molar-refractivity contribution in [3.8, 4) is 22.5 Å². The zero-order valence-electron chi connectivity index (χ0n) is 15.7. The van der Waals surface area contributed by atoms with Crippen LogP contribution >= 0.6 is 11.6 Å². The van der Waals surface area contributed by atoms with Crippen LogP contribution in [-0.2, 0) is 4.79 Å². The topological polar surface area (TPSA) is 59.0 Å². The highest BCUT2D eigenvalue weighted by Crippen LogP contribution is 2.35. The minimum atomic E-state index is 0.136. The lowest BCUT2D eigenvalue weighted by molar-refractivity contribution is -0.129. The Morgan fingerprint density at radius 3 is 2.36 bits per heavy atom. The van der Waals surface area contributed by atoms with Crippen LogP contribution in [0.2, 0.25) is 5.02 Å². The largest absolute Gasteiger partial charge is 0.343 e. The predicted molar refractivity (Wildman–Crippen MR) is 110 cm³/mol.